The summed E-state index contributed by atoms with van der Waals surface area (Å²) < 4.78 is 69.2. The van der Waals surface area contributed by atoms with E-state index in [1.54, 1.807) is 24.3 Å². The summed E-state index contributed by atoms with van der Waals surface area (Å²) in [5, 5.41) is 3.77. The van der Waals surface area contributed by atoms with Crippen molar-refractivity contribution in [2.45, 2.75) is 17.3 Å². The first-order valence-corrected chi connectivity index (χ1v) is 11.1. The molecule has 1 saturated heterocycles. The molecule has 0 aromatic heterocycles. The van der Waals surface area contributed by atoms with E-state index >= 15 is 0 Å². The lowest BCUT2D eigenvalue weighted by molar-refractivity contribution is -0.274. The normalized spacial score (nSPS) is 16.9. The zero-order chi connectivity index (χ0) is 21.8. The van der Waals surface area contributed by atoms with Gasteiger partial charge in [0.05, 0.1) is 10.9 Å². The van der Waals surface area contributed by atoms with Crippen LogP contribution >= 0.6 is 11.6 Å². The Morgan fingerprint density at radius 2 is 1.67 bits per heavy atom. The van der Waals surface area contributed by atoms with Crippen molar-refractivity contribution in [3.05, 3.63) is 59.1 Å². The van der Waals surface area contributed by atoms with Crippen molar-refractivity contribution < 1.29 is 26.3 Å². The molecule has 1 aliphatic rings. The molecule has 0 radical (unpaired) electrons. The third-order valence-corrected chi connectivity index (χ3v) is 6.33. The molecule has 30 heavy (non-hydrogen) atoms. The summed E-state index contributed by atoms with van der Waals surface area (Å²) in [6, 6.07) is 10.4. The molecule has 0 aliphatic carbocycles. The number of piperazine rings is 1. The smallest absolute Gasteiger partial charge is 0.406 e. The fraction of sp³-hybridized carbons (Fsp3) is 0.368. The molecular weight excluding hydrogens is 443 g/mol. The molecule has 2 aromatic carbocycles. The molecule has 2 N–H and O–H groups in total. The summed E-state index contributed by atoms with van der Waals surface area (Å²) in [6.07, 6.45) is -4.85. The number of sulfonamides is 1. The maximum absolute atomic E-state index is 12.9. The number of nitrogens with one attached hydrogen (secondary N) is 2. The van der Waals surface area contributed by atoms with Gasteiger partial charge >= 0.3 is 6.36 Å². The molecule has 1 aliphatic heterocycles. The van der Waals surface area contributed by atoms with E-state index in [1.165, 1.54) is 0 Å². The number of halogens is 4. The van der Waals surface area contributed by atoms with Gasteiger partial charge in [0, 0.05) is 37.7 Å². The quantitative estimate of drug-likeness (QED) is 0.660. The number of hydrogen-bond acceptors (Lipinski definition) is 5. The van der Waals surface area contributed by atoms with E-state index in [1.807, 2.05) is 0 Å². The zero-order valence-corrected chi connectivity index (χ0v) is 17.4. The molecule has 164 valence electrons. The van der Waals surface area contributed by atoms with Crippen LogP contribution in [0.15, 0.2) is 53.4 Å². The molecule has 11 heteroatoms. The molecule has 0 spiro atoms. The van der Waals surface area contributed by atoms with Gasteiger partial charge < -0.3 is 10.1 Å². The lowest BCUT2D eigenvalue weighted by atomic mass is 10.1. The minimum atomic E-state index is -4.85. The lowest BCUT2D eigenvalue weighted by Crippen LogP contribution is -2.47. The van der Waals surface area contributed by atoms with Crippen molar-refractivity contribution in [3.8, 4) is 5.75 Å². The maximum Gasteiger partial charge on any atom is 0.573 e. The standard InChI is InChI=1S/C19H21ClF3N3O3S/c20-15-3-1-14(2-4-15)18(13-26-11-9-24-10-12-26)25-30(27,28)17-7-5-16(6-8-17)29-19(21,22)23/h1-8,18,24-25H,9-13H2/t18-/m1/s1. The Balaban J connectivity index is 1.80. The highest BCUT2D eigenvalue weighted by molar-refractivity contribution is 7.89. The Bertz CT molecular complexity index is 932. The van der Waals surface area contributed by atoms with E-state index in [4.69, 9.17) is 11.6 Å². The molecule has 3 rings (SSSR count). The number of ether oxygens (including phenoxy) is 1. The van der Waals surface area contributed by atoms with Gasteiger partial charge in [-0.25, -0.2) is 13.1 Å². The molecule has 1 heterocycles. The van der Waals surface area contributed by atoms with Crippen molar-refractivity contribution in [2.75, 3.05) is 32.7 Å². The maximum atomic E-state index is 12.9. The summed E-state index contributed by atoms with van der Waals surface area (Å²) in [5.74, 6) is -0.489. The Hall–Kier alpha value is -1.85. The number of benzene rings is 2. The van der Waals surface area contributed by atoms with Gasteiger partial charge in [0.1, 0.15) is 5.75 Å². The van der Waals surface area contributed by atoms with Crippen molar-refractivity contribution in [3.63, 3.8) is 0 Å². The average Bonchev–Trinajstić information content (AvgIpc) is 2.68. The third kappa shape index (κ3) is 6.58. The molecule has 0 saturated carbocycles. The Morgan fingerprint density at radius 1 is 1.07 bits per heavy atom. The van der Waals surface area contributed by atoms with E-state index in [-0.39, 0.29) is 4.90 Å². The van der Waals surface area contributed by atoms with Crippen molar-refractivity contribution in [1.82, 2.24) is 14.9 Å². The lowest BCUT2D eigenvalue weighted by Gasteiger charge is -2.31. The van der Waals surface area contributed by atoms with Gasteiger partial charge in [-0.1, -0.05) is 23.7 Å². The van der Waals surface area contributed by atoms with Crippen LogP contribution in [-0.4, -0.2) is 52.4 Å². The number of alkyl halides is 3. The first-order chi connectivity index (χ1) is 14.1. The second kappa shape index (κ2) is 9.52. The molecule has 6 nitrogen and oxygen atoms in total. The Labute approximate surface area is 178 Å². The van der Waals surface area contributed by atoms with Gasteiger partial charge in [-0.2, -0.15) is 0 Å². The molecule has 1 atom stereocenters. The van der Waals surface area contributed by atoms with Gasteiger partial charge in [-0.05, 0) is 42.0 Å². The highest BCUT2D eigenvalue weighted by Crippen LogP contribution is 2.25. The SMILES string of the molecule is O=S(=O)(N[C@H](CN1CCNCC1)c1ccc(Cl)cc1)c1ccc(OC(F)(F)F)cc1. The summed E-state index contributed by atoms with van der Waals surface area (Å²) in [4.78, 5) is 1.98. The fourth-order valence-electron chi connectivity index (χ4n) is 3.13. The number of nitrogens with zero attached hydrogens (tertiary/aromatic N) is 1. The van der Waals surface area contributed by atoms with Crippen LogP contribution in [0.2, 0.25) is 5.02 Å². The summed E-state index contributed by atoms with van der Waals surface area (Å²) in [7, 11) is -3.99. The number of rotatable bonds is 7. The fourth-order valence-corrected chi connectivity index (χ4v) is 4.48. The minimum Gasteiger partial charge on any atom is -0.406 e. The summed E-state index contributed by atoms with van der Waals surface area (Å²) in [5.41, 5.74) is 0.735. The van der Waals surface area contributed by atoms with Crippen LogP contribution in [0.25, 0.3) is 0 Å². The summed E-state index contributed by atoms with van der Waals surface area (Å²) in [6.45, 7) is 3.60. The molecule has 0 amide bonds. The average molecular weight is 464 g/mol. The second-order valence-electron chi connectivity index (χ2n) is 6.80. The van der Waals surface area contributed by atoms with Gasteiger partial charge in [0.2, 0.25) is 10.0 Å². The molecule has 2 aromatic rings. The van der Waals surface area contributed by atoms with E-state index in [9.17, 15) is 21.6 Å². The largest absolute Gasteiger partial charge is 0.573 e. The predicted octanol–water partition coefficient (Wildman–Crippen LogP) is 3.16. The molecule has 0 unspecified atom stereocenters. The second-order valence-corrected chi connectivity index (χ2v) is 8.95. The van der Waals surface area contributed by atoms with Crippen LogP contribution in [-0.2, 0) is 10.0 Å². The van der Waals surface area contributed by atoms with Crippen LogP contribution < -0.4 is 14.8 Å². The van der Waals surface area contributed by atoms with Crippen LogP contribution in [0.5, 0.6) is 5.75 Å². The number of hydrogen-bond donors (Lipinski definition) is 2. The summed E-state index contributed by atoms with van der Waals surface area (Å²) >= 11 is 5.95. The Morgan fingerprint density at radius 3 is 2.23 bits per heavy atom. The Kier molecular flexibility index (Phi) is 7.25. The van der Waals surface area contributed by atoms with Crippen molar-refractivity contribution in [1.29, 1.82) is 0 Å². The molecule has 1 fully saturated rings. The van der Waals surface area contributed by atoms with Crippen LogP contribution in [0.4, 0.5) is 13.2 Å². The first kappa shape index (κ1) is 22.8. The molecule has 0 bridgehead atoms. The van der Waals surface area contributed by atoms with Crippen LogP contribution in [0, 0.1) is 0 Å². The van der Waals surface area contributed by atoms with Crippen LogP contribution in [0.3, 0.4) is 0 Å². The van der Waals surface area contributed by atoms with Gasteiger partial charge in [-0.3, -0.25) is 4.90 Å². The highest BCUT2D eigenvalue weighted by Gasteiger charge is 2.31. The van der Waals surface area contributed by atoms with Crippen LogP contribution in [0.1, 0.15) is 11.6 Å². The topological polar surface area (TPSA) is 70.7 Å². The highest BCUT2D eigenvalue weighted by atomic mass is 35.5. The van der Waals surface area contributed by atoms with Crippen molar-refractivity contribution >= 4 is 21.6 Å². The van der Waals surface area contributed by atoms with E-state index in [2.05, 4.69) is 19.7 Å². The predicted molar refractivity (Wildman–Crippen MR) is 107 cm³/mol. The van der Waals surface area contributed by atoms with E-state index < -0.39 is 28.2 Å². The van der Waals surface area contributed by atoms with Gasteiger partial charge in [-0.15, -0.1) is 13.2 Å². The minimum absolute atomic E-state index is 0.156. The van der Waals surface area contributed by atoms with E-state index in [0.29, 0.717) is 11.6 Å². The monoisotopic (exact) mass is 463 g/mol. The molecular formula is C19H21ClF3N3O3S. The van der Waals surface area contributed by atoms with E-state index in [0.717, 1.165) is 56.0 Å². The van der Waals surface area contributed by atoms with Gasteiger partial charge in [0.25, 0.3) is 0 Å². The first-order valence-electron chi connectivity index (χ1n) is 9.19. The van der Waals surface area contributed by atoms with Gasteiger partial charge in [0.15, 0.2) is 0 Å². The third-order valence-electron chi connectivity index (χ3n) is 4.59. The zero-order valence-electron chi connectivity index (χ0n) is 15.8. The van der Waals surface area contributed by atoms with Crippen molar-refractivity contribution in [2.24, 2.45) is 0 Å².